The van der Waals surface area contributed by atoms with Gasteiger partial charge in [0, 0.05) is 48.7 Å². The van der Waals surface area contributed by atoms with Crippen molar-refractivity contribution in [3.63, 3.8) is 0 Å². The van der Waals surface area contributed by atoms with Gasteiger partial charge in [-0.3, -0.25) is 14.6 Å². The number of piperidine rings is 1. The summed E-state index contributed by atoms with van der Waals surface area (Å²) in [6.45, 7) is 3.73. The number of hydrogen-bond acceptors (Lipinski definition) is 6. The van der Waals surface area contributed by atoms with Crippen LogP contribution in [0.1, 0.15) is 35.7 Å². The van der Waals surface area contributed by atoms with E-state index in [1.165, 1.54) is 0 Å². The van der Waals surface area contributed by atoms with Crippen molar-refractivity contribution in [1.82, 2.24) is 14.9 Å². The molecule has 1 aliphatic rings. The molecule has 8 heteroatoms. The van der Waals surface area contributed by atoms with E-state index in [-0.39, 0.29) is 17.7 Å². The van der Waals surface area contributed by atoms with Gasteiger partial charge in [-0.15, -0.1) is 0 Å². The molecule has 1 fully saturated rings. The van der Waals surface area contributed by atoms with Crippen molar-refractivity contribution in [3.8, 4) is 11.5 Å². The van der Waals surface area contributed by atoms with Crippen molar-refractivity contribution in [3.05, 3.63) is 78.2 Å². The standard InChI is InChI=1S/C26H28N4O4/c1-2-33-23-16-21(8-9-22(23)34-18-19-6-5-12-27-17-19)26(32)30-14-10-20(11-15-30)25(31)29-24-7-3-4-13-28-24/h3-9,12-13,16-17,20H,2,10-11,14-15,18H2,1H3,(H,28,29,31). The normalized spacial score (nSPS) is 13.9. The first-order valence-electron chi connectivity index (χ1n) is 11.4. The number of benzene rings is 1. The highest BCUT2D eigenvalue weighted by atomic mass is 16.5. The Bertz CT molecular complexity index is 1100. The lowest BCUT2D eigenvalue weighted by molar-refractivity contribution is -0.121. The maximum Gasteiger partial charge on any atom is 0.253 e. The minimum atomic E-state index is -0.145. The summed E-state index contributed by atoms with van der Waals surface area (Å²) in [7, 11) is 0. The minimum Gasteiger partial charge on any atom is -0.490 e. The summed E-state index contributed by atoms with van der Waals surface area (Å²) in [4.78, 5) is 35.7. The third-order valence-corrected chi connectivity index (χ3v) is 5.68. The van der Waals surface area contributed by atoms with Crippen LogP contribution in [0.4, 0.5) is 5.82 Å². The summed E-state index contributed by atoms with van der Waals surface area (Å²) in [6.07, 6.45) is 6.32. The van der Waals surface area contributed by atoms with Gasteiger partial charge >= 0.3 is 0 Å². The number of aromatic nitrogens is 2. The molecule has 0 aliphatic carbocycles. The van der Waals surface area contributed by atoms with Gasteiger partial charge in [0.1, 0.15) is 12.4 Å². The second-order valence-electron chi connectivity index (χ2n) is 8.02. The number of pyridine rings is 2. The lowest BCUT2D eigenvalue weighted by Gasteiger charge is -2.31. The highest BCUT2D eigenvalue weighted by Gasteiger charge is 2.28. The first kappa shape index (κ1) is 23.2. The molecule has 3 heterocycles. The molecule has 0 spiro atoms. The van der Waals surface area contributed by atoms with Gasteiger partial charge in [0.25, 0.3) is 5.91 Å². The van der Waals surface area contributed by atoms with Crippen LogP contribution >= 0.6 is 0 Å². The number of rotatable bonds is 8. The van der Waals surface area contributed by atoms with Crippen molar-refractivity contribution < 1.29 is 19.1 Å². The van der Waals surface area contributed by atoms with E-state index in [0.717, 1.165) is 5.56 Å². The molecule has 1 saturated heterocycles. The molecular formula is C26H28N4O4. The topological polar surface area (TPSA) is 93.7 Å². The molecule has 34 heavy (non-hydrogen) atoms. The Hall–Kier alpha value is -3.94. The van der Waals surface area contributed by atoms with E-state index < -0.39 is 0 Å². The number of nitrogens with zero attached hydrogens (tertiary/aromatic N) is 3. The van der Waals surface area contributed by atoms with Crippen LogP contribution in [0, 0.1) is 5.92 Å². The number of likely N-dealkylation sites (tertiary alicyclic amines) is 1. The number of carbonyl (C=O) groups is 2. The first-order chi connectivity index (χ1) is 16.6. The largest absolute Gasteiger partial charge is 0.490 e. The van der Waals surface area contributed by atoms with Crippen LogP contribution in [0.25, 0.3) is 0 Å². The monoisotopic (exact) mass is 460 g/mol. The fourth-order valence-corrected chi connectivity index (χ4v) is 3.87. The Balaban J connectivity index is 1.36. The molecule has 1 N–H and O–H groups in total. The molecule has 176 valence electrons. The van der Waals surface area contributed by atoms with E-state index in [0.29, 0.717) is 62.0 Å². The molecular weight excluding hydrogens is 432 g/mol. The lowest BCUT2D eigenvalue weighted by atomic mass is 9.95. The summed E-state index contributed by atoms with van der Waals surface area (Å²) in [6, 6.07) is 14.4. The summed E-state index contributed by atoms with van der Waals surface area (Å²) < 4.78 is 11.6. The fourth-order valence-electron chi connectivity index (χ4n) is 3.87. The molecule has 0 bridgehead atoms. The van der Waals surface area contributed by atoms with Gasteiger partial charge in [0.05, 0.1) is 6.61 Å². The summed E-state index contributed by atoms with van der Waals surface area (Å²) in [5.74, 6) is 1.37. The third kappa shape index (κ3) is 5.89. The van der Waals surface area contributed by atoms with Crippen molar-refractivity contribution in [2.24, 2.45) is 5.92 Å². The molecule has 2 amide bonds. The SMILES string of the molecule is CCOc1cc(C(=O)N2CCC(C(=O)Nc3ccccn3)CC2)ccc1OCc1cccnc1. The van der Waals surface area contributed by atoms with Crippen molar-refractivity contribution in [1.29, 1.82) is 0 Å². The van der Waals surface area contributed by atoms with E-state index >= 15 is 0 Å². The van der Waals surface area contributed by atoms with Gasteiger partial charge in [-0.1, -0.05) is 12.1 Å². The zero-order valence-electron chi connectivity index (χ0n) is 19.1. The van der Waals surface area contributed by atoms with Gasteiger partial charge in [-0.05, 0) is 56.2 Å². The van der Waals surface area contributed by atoms with Crippen LogP contribution in [0.5, 0.6) is 11.5 Å². The molecule has 1 aromatic carbocycles. The van der Waals surface area contributed by atoms with Gasteiger partial charge < -0.3 is 19.7 Å². The molecule has 2 aromatic heterocycles. The van der Waals surface area contributed by atoms with Gasteiger partial charge in [0.15, 0.2) is 11.5 Å². The van der Waals surface area contributed by atoms with Gasteiger partial charge in [-0.2, -0.15) is 0 Å². The Morgan fingerprint density at radius 2 is 1.88 bits per heavy atom. The molecule has 8 nitrogen and oxygen atoms in total. The van der Waals surface area contributed by atoms with Gasteiger partial charge in [-0.25, -0.2) is 4.98 Å². The van der Waals surface area contributed by atoms with Gasteiger partial charge in [0.2, 0.25) is 5.91 Å². The number of anilines is 1. The molecule has 1 aliphatic heterocycles. The molecule has 4 rings (SSSR count). The zero-order valence-corrected chi connectivity index (χ0v) is 19.1. The Labute approximate surface area is 198 Å². The predicted octanol–water partition coefficient (Wildman–Crippen LogP) is 3.95. The quantitative estimate of drug-likeness (QED) is 0.547. The molecule has 3 aromatic rings. The summed E-state index contributed by atoms with van der Waals surface area (Å²) in [5.41, 5.74) is 1.48. The van der Waals surface area contributed by atoms with Crippen LogP contribution in [0.3, 0.4) is 0 Å². The van der Waals surface area contributed by atoms with Crippen LogP contribution in [-0.4, -0.2) is 46.4 Å². The van der Waals surface area contributed by atoms with E-state index in [2.05, 4.69) is 15.3 Å². The second-order valence-corrected chi connectivity index (χ2v) is 8.02. The Morgan fingerprint density at radius 1 is 1.03 bits per heavy atom. The lowest BCUT2D eigenvalue weighted by Crippen LogP contribution is -2.41. The Morgan fingerprint density at radius 3 is 2.59 bits per heavy atom. The Kier molecular flexibility index (Phi) is 7.70. The maximum absolute atomic E-state index is 13.1. The highest BCUT2D eigenvalue weighted by Crippen LogP contribution is 2.30. The molecule has 0 atom stereocenters. The number of amides is 2. The molecule has 0 saturated carbocycles. The number of carbonyl (C=O) groups excluding carboxylic acids is 2. The first-order valence-corrected chi connectivity index (χ1v) is 11.4. The number of nitrogens with one attached hydrogen (secondary N) is 1. The van der Waals surface area contributed by atoms with E-state index in [1.54, 1.807) is 53.8 Å². The van der Waals surface area contributed by atoms with Crippen LogP contribution in [0.15, 0.2) is 67.1 Å². The van der Waals surface area contributed by atoms with Crippen LogP contribution < -0.4 is 14.8 Å². The van der Waals surface area contributed by atoms with Crippen molar-refractivity contribution in [2.75, 3.05) is 25.0 Å². The molecule has 0 radical (unpaired) electrons. The van der Waals surface area contributed by atoms with Crippen LogP contribution in [0.2, 0.25) is 0 Å². The second kappa shape index (κ2) is 11.3. The summed E-state index contributed by atoms with van der Waals surface area (Å²) in [5, 5.41) is 2.85. The van der Waals surface area contributed by atoms with Crippen LogP contribution in [-0.2, 0) is 11.4 Å². The van der Waals surface area contributed by atoms with E-state index in [4.69, 9.17) is 9.47 Å². The smallest absolute Gasteiger partial charge is 0.253 e. The minimum absolute atomic E-state index is 0.0560. The highest BCUT2D eigenvalue weighted by molar-refractivity contribution is 5.95. The number of hydrogen-bond donors (Lipinski definition) is 1. The average Bonchev–Trinajstić information content (AvgIpc) is 2.89. The fraction of sp³-hybridized carbons (Fsp3) is 0.308. The van der Waals surface area contributed by atoms with Crippen molar-refractivity contribution in [2.45, 2.75) is 26.4 Å². The average molecular weight is 461 g/mol. The molecule has 0 unspecified atom stereocenters. The van der Waals surface area contributed by atoms with E-state index in [1.807, 2.05) is 25.1 Å². The predicted molar refractivity (Wildman–Crippen MR) is 128 cm³/mol. The zero-order chi connectivity index (χ0) is 23.8. The third-order valence-electron chi connectivity index (χ3n) is 5.68. The van der Waals surface area contributed by atoms with E-state index in [9.17, 15) is 9.59 Å². The number of ether oxygens (including phenoxy) is 2. The summed E-state index contributed by atoms with van der Waals surface area (Å²) >= 11 is 0. The van der Waals surface area contributed by atoms with Crippen molar-refractivity contribution >= 4 is 17.6 Å². The maximum atomic E-state index is 13.1.